The summed E-state index contributed by atoms with van der Waals surface area (Å²) < 4.78 is 0. The fourth-order valence-electron chi connectivity index (χ4n) is 5.81. The minimum atomic E-state index is 0.0419. The Morgan fingerprint density at radius 3 is 2.53 bits per heavy atom. The van der Waals surface area contributed by atoms with Crippen molar-refractivity contribution in [2.45, 2.75) is 52.1 Å². The number of nitrogens with zero attached hydrogens (tertiary/aromatic N) is 2. The van der Waals surface area contributed by atoms with Crippen LogP contribution in [0.1, 0.15) is 51.9 Å². The van der Waals surface area contributed by atoms with E-state index in [9.17, 15) is 9.59 Å². The second-order valence-corrected chi connectivity index (χ2v) is 10.7. The Morgan fingerprint density at radius 2 is 1.82 bits per heavy atom. The number of anilines is 2. The lowest BCUT2D eigenvalue weighted by atomic mass is 9.97. The van der Waals surface area contributed by atoms with Crippen molar-refractivity contribution in [1.29, 1.82) is 0 Å². The molecule has 200 valence electrons. The van der Waals surface area contributed by atoms with Crippen LogP contribution in [0.5, 0.6) is 0 Å². The van der Waals surface area contributed by atoms with E-state index in [1.165, 1.54) is 16.8 Å². The van der Waals surface area contributed by atoms with E-state index >= 15 is 0 Å². The van der Waals surface area contributed by atoms with Crippen LogP contribution >= 0.6 is 0 Å². The van der Waals surface area contributed by atoms with E-state index in [1.807, 2.05) is 18.9 Å². The predicted molar refractivity (Wildman–Crippen MR) is 152 cm³/mol. The third-order valence-electron chi connectivity index (χ3n) is 7.87. The largest absolute Gasteiger partial charge is 0.384 e. The van der Waals surface area contributed by atoms with Crippen molar-refractivity contribution in [2.24, 2.45) is 0 Å². The van der Waals surface area contributed by atoms with Crippen LogP contribution in [0.25, 0.3) is 10.9 Å². The highest BCUT2D eigenvalue weighted by molar-refractivity contribution is 5.96. The number of nitrogens with one attached hydrogen (secondary N) is 3. The topological polar surface area (TPSA) is 97.5 Å². The maximum atomic E-state index is 12.7. The van der Waals surface area contributed by atoms with Gasteiger partial charge in [-0.1, -0.05) is 6.07 Å². The number of aryl methyl sites for hydroxylation is 2. The molecule has 1 amide bonds. The number of carbonyl (C=O) groups excluding carboxylic acids is 2. The fraction of sp³-hybridized carbons (Fsp3) is 0.433. The smallest absolute Gasteiger partial charge is 0.253 e. The van der Waals surface area contributed by atoms with Gasteiger partial charge in [0, 0.05) is 67.5 Å². The Bertz CT molecular complexity index is 1400. The zero-order chi connectivity index (χ0) is 26.8. The van der Waals surface area contributed by atoms with E-state index in [-0.39, 0.29) is 11.5 Å². The lowest BCUT2D eigenvalue weighted by Gasteiger charge is -2.37. The minimum absolute atomic E-state index is 0.0419. The van der Waals surface area contributed by atoms with Gasteiger partial charge in [0.1, 0.15) is 6.79 Å². The summed E-state index contributed by atoms with van der Waals surface area (Å²) in [6.45, 7) is 11.9. The second-order valence-electron chi connectivity index (χ2n) is 10.7. The van der Waals surface area contributed by atoms with Crippen molar-refractivity contribution in [3.63, 3.8) is 0 Å². The molecule has 2 aromatic carbocycles. The first kappa shape index (κ1) is 26.0. The molecular formula is C30H37N5O3. The van der Waals surface area contributed by atoms with Gasteiger partial charge >= 0.3 is 0 Å². The van der Waals surface area contributed by atoms with Crippen LogP contribution in [0.15, 0.2) is 35.1 Å². The molecule has 1 aromatic heterocycles. The van der Waals surface area contributed by atoms with E-state index in [0.717, 1.165) is 98.2 Å². The molecule has 6 rings (SSSR count). The highest BCUT2D eigenvalue weighted by atomic mass is 16.1. The number of pyridine rings is 1. The molecule has 3 N–H and O–H groups in total. The van der Waals surface area contributed by atoms with Crippen LogP contribution in [0.3, 0.4) is 0 Å². The Balaban J connectivity index is 0.00000144. The molecule has 1 saturated carbocycles. The van der Waals surface area contributed by atoms with E-state index in [1.54, 1.807) is 0 Å². The maximum absolute atomic E-state index is 12.7. The van der Waals surface area contributed by atoms with Gasteiger partial charge in [0.15, 0.2) is 0 Å². The quantitative estimate of drug-likeness (QED) is 0.481. The molecule has 0 radical (unpaired) electrons. The average Bonchev–Trinajstić information content (AvgIpc) is 3.74. The van der Waals surface area contributed by atoms with Gasteiger partial charge in [-0.15, -0.1) is 0 Å². The summed E-state index contributed by atoms with van der Waals surface area (Å²) in [4.78, 5) is 41.1. The van der Waals surface area contributed by atoms with Crippen LogP contribution in [-0.2, 0) is 17.8 Å². The standard InChI is InChI=1S/C29H35N5O2.CH2O/c1-18-15-21(28(35)31-22-6-7-22)5-8-25(18)34-12-10-33(11-13-34)17-20-14-19(2)26-24(16-20)32-29(36)23-4-3-9-30-27(23)26;1-2/h5,8,14-16,22,30H,3-4,6-7,9-13,17H2,1-2H3,(H,31,35)(H,32,36);1H2. The normalized spacial score (nSPS) is 17.3. The highest BCUT2D eigenvalue weighted by Crippen LogP contribution is 2.31. The number of rotatable bonds is 5. The van der Waals surface area contributed by atoms with Crippen LogP contribution in [0.4, 0.5) is 11.4 Å². The second kappa shape index (κ2) is 11.0. The van der Waals surface area contributed by atoms with Crippen LogP contribution < -0.4 is 21.1 Å². The van der Waals surface area contributed by atoms with Gasteiger partial charge in [-0.25, -0.2) is 0 Å². The van der Waals surface area contributed by atoms with Crippen molar-refractivity contribution in [2.75, 3.05) is 42.9 Å². The van der Waals surface area contributed by atoms with E-state index in [0.29, 0.717) is 6.04 Å². The van der Waals surface area contributed by atoms with Crippen molar-refractivity contribution >= 4 is 35.0 Å². The Kier molecular flexibility index (Phi) is 7.51. The first-order valence-electron chi connectivity index (χ1n) is 13.6. The Morgan fingerprint density at radius 1 is 1.05 bits per heavy atom. The molecule has 3 aromatic rings. The van der Waals surface area contributed by atoms with Gasteiger partial charge in [0.05, 0.1) is 11.2 Å². The minimum Gasteiger partial charge on any atom is -0.384 e. The molecule has 0 atom stereocenters. The molecule has 0 spiro atoms. The summed E-state index contributed by atoms with van der Waals surface area (Å²) in [5.74, 6) is 0.0419. The number of fused-ring (bicyclic) bond motifs is 3. The molecule has 3 aliphatic rings. The third-order valence-corrected chi connectivity index (χ3v) is 7.87. The molecule has 1 saturated heterocycles. The van der Waals surface area contributed by atoms with E-state index in [4.69, 9.17) is 4.79 Å². The number of benzene rings is 2. The number of H-pyrrole nitrogens is 1. The van der Waals surface area contributed by atoms with Gasteiger partial charge < -0.3 is 25.3 Å². The maximum Gasteiger partial charge on any atom is 0.253 e. The first-order chi connectivity index (χ1) is 18.5. The molecule has 3 heterocycles. The number of aromatic amines is 1. The summed E-state index contributed by atoms with van der Waals surface area (Å²) in [6.07, 6.45) is 4.05. The SMILES string of the molecule is C=O.Cc1cc(C(=O)NC2CC2)ccc1N1CCN(Cc2cc(C)c3c4c(c(=O)[nH]c3c2)CCCN4)CC1. The molecule has 38 heavy (non-hydrogen) atoms. The van der Waals surface area contributed by atoms with Crippen molar-refractivity contribution in [3.8, 4) is 0 Å². The summed E-state index contributed by atoms with van der Waals surface area (Å²) in [7, 11) is 0. The third kappa shape index (κ3) is 5.31. The predicted octanol–water partition coefficient (Wildman–Crippen LogP) is 3.53. The first-order valence-corrected chi connectivity index (χ1v) is 13.6. The van der Waals surface area contributed by atoms with Crippen LogP contribution in [0, 0.1) is 13.8 Å². The molecule has 0 bridgehead atoms. The van der Waals surface area contributed by atoms with Crippen LogP contribution in [0.2, 0.25) is 0 Å². The molecule has 1 aliphatic carbocycles. The zero-order valence-electron chi connectivity index (χ0n) is 22.4. The molecule has 2 fully saturated rings. The summed E-state index contributed by atoms with van der Waals surface area (Å²) in [6, 6.07) is 10.9. The lowest BCUT2D eigenvalue weighted by molar-refractivity contribution is -0.0980. The number of piperazine rings is 1. The van der Waals surface area contributed by atoms with Gasteiger partial charge in [-0.05, 0) is 80.5 Å². The summed E-state index contributed by atoms with van der Waals surface area (Å²) in [5, 5.41) is 7.71. The molecule has 8 heteroatoms. The zero-order valence-corrected chi connectivity index (χ0v) is 22.4. The van der Waals surface area contributed by atoms with Gasteiger partial charge in [0.25, 0.3) is 11.5 Å². The number of carbonyl (C=O) groups is 2. The van der Waals surface area contributed by atoms with E-state index in [2.05, 4.69) is 57.5 Å². The number of aromatic nitrogens is 1. The fourth-order valence-corrected chi connectivity index (χ4v) is 5.81. The Hall–Kier alpha value is -3.65. The van der Waals surface area contributed by atoms with Crippen molar-refractivity contribution < 1.29 is 9.59 Å². The summed E-state index contributed by atoms with van der Waals surface area (Å²) >= 11 is 0. The van der Waals surface area contributed by atoms with Gasteiger partial charge in [0.2, 0.25) is 0 Å². The Labute approximate surface area is 223 Å². The molecular weight excluding hydrogens is 478 g/mol. The number of hydrogen-bond acceptors (Lipinski definition) is 6. The van der Waals surface area contributed by atoms with Crippen molar-refractivity contribution in [3.05, 3.63) is 68.5 Å². The lowest BCUT2D eigenvalue weighted by Crippen LogP contribution is -2.46. The van der Waals surface area contributed by atoms with Crippen LogP contribution in [-0.4, -0.2) is 61.3 Å². The van der Waals surface area contributed by atoms with Gasteiger partial charge in [-0.3, -0.25) is 14.5 Å². The summed E-state index contributed by atoms with van der Waals surface area (Å²) in [5.41, 5.74) is 8.47. The van der Waals surface area contributed by atoms with Crippen molar-refractivity contribution in [1.82, 2.24) is 15.2 Å². The highest BCUT2D eigenvalue weighted by Gasteiger charge is 2.25. The van der Waals surface area contributed by atoms with Gasteiger partial charge in [-0.2, -0.15) is 0 Å². The monoisotopic (exact) mass is 515 g/mol. The average molecular weight is 516 g/mol. The molecule has 8 nitrogen and oxygen atoms in total. The number of amides is 1. The molecule has 0 unspecified atom stereocenters. The number of hydrogen-bond donors (Lipinski definition) is 3. The van der Waals surface area contributed by atoms with E-state index < -0.39 is 0 Å². The molecule has 2 aliphatic heterocycles.